The maximum Gasteiger partial charge on any atom is 0.314 e. The Bertz CT molecular complexity index is 315. The molecule has 0 aliphatic carbocycles. The molecule has 0 unspecified atom stereocenters. The third kappa shape index (κ3) is 4.48. The van der Waals surface area contributed by atoms with Crippen molar-refractivity contribution in [2.75, 3.05) is 31.2 Å². The van der Waals surface area contributed by atoms with Gasteiger partial charge in [-0.25, -0.2) is 13.2 Å². The lowest BCUT2D eigenvalue weighted by molar-refractivity contribution is 0.233. The molecule has 1 heterocycles. The topological polar surface area (TPSA) is 95.5 Å². The normalized spacial score (nSPS) is 23.7. The summed E-state index contributed by atoms with van der Waals surface area (Å²) in [5.41, 5.74) is 0. The van der Waals surface area contributed by atoms with Gasteiger partial charge in [0.05, 0.1) is 18.1 Å². The van der Waals surface area contributed by atoms with Gasteiger partial charge in [-0.05, 0) is 12.3 Å². The lowest BCUT2D eigenvalue weighted by Crippen LogP contribution is -2.39. The number of hydrogen-bond acceptors (Lipinski definition) is 4. The van der Waals surface area contributed by atoms with E-state index in [1.165, 1.54) is 0 Å². The third-order valence-corrected chi connectivity index (χ3v) is 4.11. The smallest absolute Gasteiger partial charge is 0.314 e. The van der Waals surface area contributed by atoms with Gasteiger partial charge in [-0.2, -0.15) is 0 Å². The number of hydrogen-bond donors (Lipinski definition) is 3. The molecule has 1 rings (SSSR count). The zero-order chi connectivity index (χ0) is 11.3. The van der Waals surface area contributed by atoms with Gasteiger partial charge in [0.25, 0.3) is 0 Å². The molecule has 0 aromatic carbocycles. The van der Waals surface area contributed by atoms with E-state index in [0.29, 0.717) is 13.0 Å². The van der Waals surface area contributed by atoms with Crippen LogP contribution in [0.15, 0.2) is 0 Å². The molecular weight excluding hydrogens is 220 g/mol. The molecular formula is C8H16N2O4S. The first-order chi connectivity index (χ1) is 7.03. The van der Waals surface area contributed by atoms with Crippen LogP contribution in [-0.2, 0) is 9.84 Å². The van der Waals surface area contributed by atoms with Crippen LogP contribution >= 0.6 is 0 Å². The van der Waals surface area contributed by atoms with Crippen molar-refractivity contribution in [2.24, 2.45) is 5.92 Å². The molecule has 0 aromatic heterocycles. The van der Waals surface area contributed by atoms with E-state index in [9.17, 15) is 13.2 Å². The van der Waals surface area contributed by atoms with Crippen molar-refractivity contribution >= 4 is 15.9 Å². The van der Waals surface area contributed by atoms with E-state index in [2.05, 4.69) is 10.6 Å². The predicted octanol–water partition coefficient (Wildman–Crippen LogP) is -1.29. The number of aliphatic hydroxyl groups is 1. The van der Waals surface area contributed by atoms with Gasteiger partial charge >= 0.3 is 6.03 Å². The van der Waals surface area contributed by atoms with Crippen LogP contribution in [0.25, 0.3) is 0 Å². The zero-order valence-electron chi connectivity index (χ0n) is 8.40. The SMILES string of the molecule is O=C(NCCO)NC[C@H]1CCS(=O)(=O)C1. The second kappa shape index (κ2) is 5.32. The van der Waals surface area contributed by atoms with E-state index in [0.717, 1.165) is 0 Å². The molecule has 0 bridgehead atoms. The maximum absolute atomic E-state index is 11.1. The number of rotatable bonds is 4. The number of aliphatic hydroxyl groups excluding tert-OH is 1. The summed E-state index contributed by atoms with van der Waals surface area (Å²) in [7, 11) is -2.87. The van der Waals surface area contributed by atoms with Crippen LogP contribution < -0.4 is 10.6 Å². The van der Waals surface area contributed by atoms with Crippen molar-refractivity contribution in [3.8, 4) is 0 Å². The Morgan fingerprint density at radius 3 is 2.67 bits per heavy atom. The van der Waals surface area contributed by atoms with Crippen LogP contribution in [0.5, 0.6) is 0 Å². The van der Waals surface area contributed by atoms with Crippen LogP contribution in [0.4, 0.5) is 4.79 Å². The minimum absolute atomic E-state index is 0.0230. The van der Waals surface area contributed by atoms with Gasteiger partial charge in [0.15, 0.2) is 9.84 Å². The van der Waals surface area contributed by atoms with Crippen LogP contribution in [0.3, 0.4) is 0 Å². The first-order valence-corrected chi connectivity index (χ1v) is 6.68. The fourth-order valence-electron chi connectivity index (χ4n) is 1.50. The fourth-order valence-corrected chi connectivity index (χ4v) is 3.36. The Labute approximate surface area is 89.0 Å². The van der Waals surface area contributed by atoms with Crippen LogP contribution in [-0.4, -0.2) is 50.8 Å². The number of amides is 2. The van der Waals surface area contributed by atoms with Gasteiger partial charge in [-0.3, -0.25) is 0 Å². The van der Waals surface area contributed by atoms with Crippen molar-refractivity contribution in [3.05, 3.63) is 0 Å². The summed E-state index contributed by atoms with van der Waals surface area (Å²) >= 11 is 0. The van der Waals surface area contributed by atoms with Gasteiger partial charge < -0.3 is 15.7 Å². The molecule has 88 valence electrons. The molecule has 15 heavy (non-hydrogen) atoms. The molecule has 1 aliphatic heterocycles. The highest BCUT2D eigenvalue weighted by Crippen LogP contribution is 2.17. The molecule has 3 N–H and O–H groups in total. The first-order valence-electron chi connectivity index (χ1n) is 4.86. The quantitative estimate of drug-likeness (QED) is 0.566. The fraction of sp³-hybridized carbons (Fsp3) is 0.875. The van der Waals surface area contributed by atoms with E-state index < -0.39 is 9.84 Å². The molecule has 0 spiro atoms. The van der Waals surface area contributed by atoms with E-state index in [1.54, 1.807) is 0 Å². The van der Waals surface area contributed by atoms with Gasteiger partial charge in [0.1, 0.15) is 0 Å². The molecule has 0 radical (unpaired) electrons. The summed E-state index contributed by atoms with van der Waals surface area (Å²) in [6.07, 6.45) is 0.614. The van der Waals surface area contributed by atoms with Gasteiger partial charge in [0, 0.05) is 13.1 Å². The van der Waals surface area contributed by atoms with Crippen LogP contribution in [0.2, 0.25) is 0 Å². The molecule has 1 aliphatic rings. The summed E-state index contributed by atoms with van der Waals surface area (Å²) < 4.78 is 22.2. The molecule has 0 saturated carbocycles. The van der Waals surface area contributed by atoms with Gasteiger partial charge in [-0.1, -0.05) is 0 Å². The summed E-state index contributed by atoms with van der Waals surface area (Å²) in [5.74, 6) is 0.403. The number of sulfone groups is 1. The zero-order valence-corrected chi connectivity index (χ0v) is 9.22. The van der Waals surface area contributed by atoms with E-state index in [1.807, 2.05) is 0 Å². The first kappa shape index (κ1) is 12.3. The molecule has 6 nitrogen and oxygen atoms in total. The van der Waals surface area contributed by atoms with Crippen LogP contribution in [0, 0.1) is 5.92 Å². The third-order valence-electron chi connectivity index (χ3n) is 2.28. The largest absolute Gasteiger partial charge is 0.395 e. The molecule has 1 saturated heterocycles. The predicted molar refractivity (Wildman–Crippen MR) is 55.2 cm³/mol. The van der Waals surface area contributed by atoms with Crippen molar-refractivity contribution in [1.29, 1.82) is 0 Å². The monoisotopic (exact) mass is 236 g/mol. The highest BCUT2D eigenvalue weighted by molar-refractivity contribution is 7.91. The molecule has 0 aromatic rings. The van der Waals surface area contributed by atoms with Gasteiger partial charge in [-0.15, -0.1) is 0 Å². The highest BCUT2D eigenvalue weighted by atomic mass is 32.2. The minimum Gasteiger partial charge on any atom is -0.395 e. The lowest BCUT2D eigenvalue weighted by Gasteiger charge is -2.09. The van der Waals surface area contributed by atoms with E-state index in [-0.39, 0.29) is 36.6 Å². The average Bonchev–Trinajstić information content (AvgIpc) is 2.52. The van der Waals surface area contributed by atoms with Gasteiger partial charge in [0.2, 0.25) is 0 Å². The maximum atomic E-state index is 11.1. The Balaban J connectivity index is 2.18. The molecule has 1 atom stereocenters. The van der Waals surface area contributed by atoms with E-state index >= 15 is 0 Å². The number of carbonyl (C=O) groups excluding carboxylic acids is 1. The Morgan fingerprint density at radius 1 is 1.40 bits per heavy atom. The molecule has 1 fully saturated rings. The Kier molecular flexibility index (Phi) is 4.34. The Hall–Kier alpha value is -0.820. The Morgan fingerprint density at radius 2 is 2.13 bits per heavy atom. The summed E-state index contributed by atoms with van der Waals surface area (Å²) in [6, 6.07) is -0.367. The second-order valence-corrected chi connectivity index (χ2v) is 5.86. The number of carbonyl (C=O) groups is 1. The highest BCUT2D eigenvalue weighted by Gasteiger charge is 2.27. The second-order valence-electron chi connectivity index (χ2n) is 3.63. The lowest BCUT2D eigenvalue weighted by atomic mass is 10.1. The molecule has 2 amide bonds. The average molecular weight is 236 g/mol. The van der Waals surface area contributed by atoms with Crippen molar-refractivity contribution < 1.29 is 18.3 Å². The summed E-state index contributed by atoms with van der Waals surface area (Å²) in [5, 5.41) is 13.4. The van der Waals surface area contributed by atoms with Crippen molar-refractivity contribution in [3.63, 3.8) is 0 Å². The number of nitrogens with one attached hydrogen (secondary N) is 2. The summed E-state index contributed by atoms with van der Waals surface area (Å²) in [4.78, 5) is 11.0. The van der Waals surface area contributed by atoms with Crippen LogP contribution in [0.1, 0.15) is 6.42 Å². The standard InChI is InChI=1S/C8H16N2O4S/c11-3-2-9-8(12)10-5-7-1-4-15(13,14)6-7/h7,11H,1-6H2,(H2,9,10,12)/t7-/m1/s1. The van der Waals surface area contributed by atoms with Crippen molar-refractivity contribution in [2.45, 2.75) is 6.42 Å². The van der Waals surface area contributed by atoms with Crippen molar-refractivity contribution in [1.82, 2.24) is 10.6 Å². The summed E-state index contributed by atoms with van der Waals surface area (Å²) in [6.45, 7) is 0.469. The van der Waals surface area contributed by atoms with E-state index in [4.69, 9.17) is 5.11 Å². The number of urea groups is 1. The minimum atomic E-state index is -2.87. The molecule has 7 heteroatoms.